The van der Waals surface area contributed by atoms with Gasteiger partial charge in [0.25, 0.3) is 5.69 Å². The van der Waals surface area contributed by atoms with Crippen molar-refractivity contribution in [3.63, 3.8) is 0 Å². The SMILES string of the molecule is O=C(NC[C@@H](c1cccs1)N1CCc2ccccc21)C(=O)Nc1ccccc1[N+](=O)[O-]. The zero-order valence-electron chi connectivity index (χ0n) is 16.5. The Labute approximate surface area is 182 Å². The highest BCUT2D eigenvalue weighted by atomic mass is 32.1. The number of para-hydroxylation sites is 3. The van der Waals surface area contributed by atoms with Crippen LogP contribution in [-0.2, 0) is 16.0 Å². The number of fused-ring (bicyclic) bond motifs is 1. The Balaban J connectivity index is 1.46. The number of carbonyl (C=O) groups excluding carboxylic acids is 2. The number of rotatable bonds is 6. The lowest BCUT2D eigenvalue weighted by Gasteiger charge is -2.30. The fourth-order valence-electron chi connectivity index (χ4n) is 3.72. The third-order valence-corrected chi connectivity index (χ3v) is 6.16. The number of thiophene rings is 1. The van der Waals surface area contributed by atoms with Gasteiger partial charge in [-0.25, -0.2) is 0 Å². The van der Waals surface area contributed by atoms with Crippen molar-refractivity contribution in [2.75, 3.05) is 23.3 Å². The minimum Gasteiger partial charge on any atom is -0.361 e. The zero-order chi connectivity index (χ0) is 21.8. The summed E-state index contributed by atoms with van der Waals surface area (Å²) in [6, 6.07) is 17.7. The van der Waals surface area contributed by atoms with Crippen molar-refractivity contribution < 1.29 is 14.5 Å². The van der Waals surface area contributed by atoms with Crippen LogP contribution < -0.4 is 15.5 Å². The van der Waals surface area contributed by atoms with Gasteiger partial charge in [0.15, 0.2) is 0 Å². The van der Waals surface area contributed by atoms with Gasteiger partial charge in [-0.15, -0.1) is 11.3 Å². The number of nitro groups is 1. The van der Waals surface area contributed by atoms with Crippen molar-refractivity contribution in [2.24, 2.45) is 0 Å². The molecule has 2 aromatic carbocycles. The van der Waals surface area contributed by atoms with Gasteiger partial charge in [0, 0.05) is 29.7 Å². The van der Waals surface area contributed by atoms with Crippen molar-refractivity contribution in [2.45, 2.75) is 12.5 Å². The number of amides is 2. The van der Waals surface area contributed by atoms with E-state index in [2.05, 4.69) is 27.7 Å². The summed E-state index contributed by atoms with van der Waals surface area (Å²) in [5, 5.41) is 18.1. The summed E-state index contributed by atoms with van der Waals surface area (Å²) in [5.41, 5.74) is 2.09. The molecule has 4 rings (SSSR count). The number of benzene rings is 2. The molecular formula is C22H20N4O4S. The number of anilines is 2. The molecule has 0 unspecified atom stereocenters. The molecule has 9 heteroatoms. The van der Waals surface area contributed by atoms with Gasteiger partial charge < -0.3 is 15.5 Å². The van der Waals surface area contributed by atoms with E-state index in [1.165, 1.54) is 23.8 Å². The maximum atomic E-state index is 12.5. The van der Waals surface area contributed by atoms with Crippen molar-refractivity contribution in [1.82, 2.24) is 5.32 Å². The van der Waals surface area contributed by atoms with E-state index in [0.29, 0.717) is 0 Å². The molecule has 2 N–H and O–H groups in total. The highest BCUT2D eigenvalue weighted by Gasteiger charge is 2.29. The first-order chi connectivity index (χ1) is 15.0. The number of carbonyl (C=O) groups is 2. The second-order valence-electron chi connectivity index (χ2n) is 7.04. The van der Waals surface area contributed by atoms with Crippen LogP contribution in [0.3, 0.4) is 0 Å². The average molecular weight is 436 g/mol. The van der Waals surface area contributed by atoms with Crippen LogP contribution in [-0.4, -0.2) is 29.8 Å². The van der Waals surface area contributed by atoms with Gasteiger partial charge in [-0.2, -0.15) is 0 Å². The van der Waals surface area contributed by atoms with Crippen molar-refractivity contribution in [3.8, 4) is 0 Å². The molecule has 0 bridgehead atoms. The molecule has 31 heavy (non-hydrogen) atoms. The predicted molar refractivity (Wildman–Crippen MR) is 119 cm³/mol. The minimum atomic E-state index is -0.943. The Hall–Kier alpha value is -3.72. The van der Waals surface area contributed by atoms with Gasteiger partial charge in [0.05, 0.1) is 11.0 Å². The molecule has 0 fully saturated rings. The largest absolute Gasteiger partial charge is 0.361 e. The molecule has 1 atom stereocenters. The van der Waals surface area contributed by atoms with Crippen LogP contribution in [0.25, 0.3) is 0 Å². The highest BCUT2D eigenvalue weighted by molar-refractivity contribution is 7.10. The summed E-state index contributed by atoms with van der Waals surface area (Å²) in [6.45, 7) is 1.05. The van der Waals surface area contributed by atoms with E-state index in [1.807, 2.05) is 29.6 Å². The summed E-state index contributed by atoms with van der Waals surface area (Å²) in [6.07, 6.45) is 0.921. The average Bonchev–Trinajstić information content (AvgIpc) is 3.45. The quantitative estimate of drug-likeness (QED) is 0.350. The standard InChI is InChI=1S/C22H20N4O4S/c27-21(22(28)24-16-7-2-4-9-18(16)26(29)30)23-14-19(20-10-5-13-31-20)25-12-11-15-6-1-3-8-17(15)25/h1-10,13,19H,11-12,14H2,(H,23,27)(H,24,28)/t19-/m0/s1. The predicted octanol–water partition coefficient (Wildman–Crippen LogP) is 3.52. The Kier molecular flexibility index (Phi) is 5.94. The second kappa shape index (κ2) is 8.97. The molecule has 3 aromatic rings. The van der Waals surface area contributed by atoms with Gasteiger partial charge >= 0.3 is 11.8 Å². The second-order valence-corrected chi connectivity index (χ2v) is 8.02. The normalized spacial score (nSPS) is 13.4. The number of hydrogen-bond acceptors (Lipinski definition) is 6. The van der Waals surface area contributed by atoms with Crippen LogP contribution in [0.4, 0.5) is 17.1 Å². The Bertz CT molecular complexity index is 1120. The van der Waals surface area contributed by atoms with Gasteiger partial charge in [-0.3, -0.25) is 19.7 Å². The van der Waals surface area contributed by atoms with E-state index in [1.54, 1.807) is 17.4 Å². The molecule has 2 amide bonds. The molecule has 1 aromatic heterocycles. The third kappa shape index (κ3) is 4.41. The Morgan fingerprint density at radius 1 is 1.06 bits per heavy atom. The van der Waals surface area contributed by atoms with Crippen LogP contribution in [0.5, 0.6) is 0 Å². The third-order valence-electron chi connectivity index (χ3n) is 5.18. The molecule has 0 saturated heterocycles. The van der Waals surface area contributed by atoms with Crippen molar-refractivity contribution >= 4 is 40.2 Å². The molecule has 0 aliphatic carbocycles. The molecule has 158 valence electrons. The van der Waals surface area contributed by atoms with Crippen LogP contribution in [0.2, 0.25) is 0 Å². The smallest absolute Gasteiger partial charge is 0.313 e. The number of nitrogens with zero attached hydrogens (tertiary/aromatic N) is 2. The number of nitro benzene ring substituents is 1. The Morgan fingerprint density at radius 3 is 2.61 bits per heavy atom. The summed E-state index contributed by atoms with van der Waals surface area (Å²) in [7, 11) is 0. The van der Waals surface area contributed by atoms with E-state index in [4.69, 9.17) is 0 Å². The molecule has 8 nitrogen and oxygen atoms in total. The Morgan fingerprint density at radius 2 is 1.84 bits per heavy atom. The molecule has 1 aliphatic rings. The zero-order valence-corrected chi connectivity index (χ0v) is 17.3. The highest BCUT2D eigenvalue weighted by Crippen LogP contribution is 2.36. The maximum absolute atomic E-state index is 12.5. The molecule has 0 radical (unpaired) electrons. The summed E-state index contributed by atoms with van der Waals surface area (Å²) >= 11 is 1.59. The van der Waals surface area contributed by atoms with Gasteiger partial charge in [0.1, 0.15) is 5.69 Å². The number of hydrogen-bond donors (Lipinski definition) is 2. The molecule has 2 heterocycles. The first-order valence-electron chi connectivity index (χ1n) is 9.75. The molecule has 1 aliphatic heterocycles. The first-order valence-corrected chi connectivity index (χ1v) is 10.6. The van der Waals surface area contributed by atoms with Crippen LogP contribution in [0.15, 0.2) is 66.0 Å². The maximum Gasteiger partial charge on any atom is 0.313 e. The minimum absolute atomic E-state index is 0.0177. The lowest BCUT2D eigenvalue weighted by Crippen LogP contribution is -2.41. The van der Waals surface area contributed by atoms with Crippen molar-refractivity contribution in [3.05, 3.63) is 86.6 Å². The van der Waals surface area contributed by atoms with Crippen LogP contribution >= 0.6 is 11.3 Å². The summed E-state index contributed by atoms with van der Waals surface area (Å²) < 4.78 is 0. The van der Waals surface area contributed by atoms with Gasteiger partial charge in [0.2, 0.25) is 0 Å². The van der Waals surface area contributed by atoms with Gasteiger partial charge in [-0.05, 0) is 35.6 Å². The van der Waals surface area contributed by atoms with E-state index in [9.17, 15) is 19.7 Å². The summed E-state index contributed by atoms with van der Waals surface area (Å²) in [5.74, 6) is -1.78. The lowest BCUT2D eigenvalue weighted by molar-refractivity contribution is -0.383. The van der Waals surface area contributed by atoms with E-state index < -0.39 is 16.7 Å². The lowest BCUT2D eigenvalue weighted by atomic mass is 10.1. The first kappa shape index (κ1) is 20.5. The number of nitrogens with one attached hydrogen (secondary N) is 2. The van der Waals surface area contributed by atoms with Crippen LogP contribution in [0.1, 0.15) is 16.5 Å². The molecule has 0 saturated carbocycles. The summed E-state index contributed by atoms with van der Waals surface area (Å²) in [4.78, 5) is 38.6. The van der Waals surface area contributed by atoms with Crippen molar-refractivity contribution in [1.29, 1.82) is 0 Å². The van der Waals surface area contributed by atoms with Gasteiger partial charge in [-0.1, -0.05) is 36.4 Å². The van der Waals surface area contributed by atoms with E-state index >= 15 is 0 Å². The molecular weight excluding hydrogens is 416 g/mol. The van der Waals surface area contributed by atoms with E-state index in [0.717, 1.165) is 23.5 Å². The fourth-order valence-corrected chi connectivity index (χ4v) is 4.56. The van der Waals surface area contributed by atoms with E-state index in [-0.39, 0.29) is 24.0 Å². The topological polar surface area (TPSA) is 105 Å². The monoisotopic (exact) mass is 436 g/mol. The fraction of sp³-hybridized carbons (Fsp3) is 0.182. The van der Waals surface area contributed by atoms with Crippen LogP contribution in [0, 0.1) is 10.1 Å². The molecule has 0 spiro atoms.